The van der Waals surface area contributed by atoms with Crippen molar-refractivity contribution in [3.63, 3.8) is 0 Å². The molecule has 2 aliphatic carbocycles. The lowest BCUT2D eigenvalue weighted by molar-refractivity contribution is 0.135. The fourth-order valence-electron chi connectivity index (χ4n) is 4.88. The van der Waals surface area contributed by atoms with Gasteiger partial charge < -0.3 is 4.74 Å². The molecule has 2 saturated carbocycles. The van der Waals surface area contributed by atoms with Gasteiger partial charge in [-0.25, -0.2) is 0 Å². The Morgan fingerprint density at radius 3 is 1.91 bits per heavy atom. The van der Waals surface area contributed by atoms with Crippen molar-refractivity contribution in [2.24, 2.45) is 23.7 Å². The van der Waals surface area contributed by atoms with Crippen molar-refractivity contribution in [1.29, 1.82) is 0 Å². The summed E-state index contributed by atoms with van der Waals surface area (Å²) in [5.41, 5.74) is 0. The Morgan fingerprint density at radius 2 is 1.35 bits per heavy atom. The van der Waals surface area contributed by atoms with Gasteiger partial charge in [0, 0.05) is 0 Å². The average molecular weight is 315 g/mol. The highest BCUT2D eigenvalue weighted by Crippen LogP contribution is 2.42. The van der Waals surface area contributed by atoms with Crippen molar-refractivity contribution in [2.75, 3.05) is 6.61 Å². The molecule has 0 radical (unpaired) electrons. The van der Waals surface area contributed by atoms with Gasteiger partial charge in [-0.2, -0.15) is 0 Å². The van der Waals surface area contributed by atoms with Gasteiger partial charge in [-0.05, 0) is 67.9 Å². The molecule has 0 spiro atoms. The largest absolute Gasteiger partial charge is 0.494 e. The number of hydrogen-bond donors (Lipinski definition) is 0. The van der Waals surface area contributed by atoms with Gasteiger partial charge in [0.2, 0.25) is 0 Å². The van der Waals surface area contributed by atoms with E-state index in [1.54, 1.807) is 0 Å². The molecule has 0 aliphatic heterocycles. The van der Waals surface area contributed by atoms with Crippen LogP contribution in [-0.2, 0) is 0 Å². The van der Waals surface area contributed by atoms with Crippen molar-refractivity contribution >= 4 is 0 Å². The van der Waals surface area contributed by atoms with Crippen LogP contribution >= 0.6 is 0 Å². The summed E-state index contributed by atoms with van der Waals surface area (Å²) in [6, 6.07) is 10.3. The van der Waals surface area contributed by atoms with Gasteiger partial charge in [0.15, 0.2) is 0 Å². The fourth-order valence-corrected chi connectivity index (χ4v) is 4.88. The Balaban J connectivity index is 1.32. The number of ether oxygens (including phenoxy) is 1. The molecule has 0 saturated heterocycles. The summed E-state index contributed by atoms with van der Waals surface area (Å²) in [6.07, 6.45) is 14.5. The molecule has 1 aromatic rings. The summed E-state index contributed by atoms with van der Waals surface area (Å²) in [4.78, 5) is 0. The first-order valence-corrected chi connectivity index (χ1v) is 10.0. The van der Waals surface area contributed by atoms with E-state index in [0.29, 0.717) is 0 Å². The second-order valence-corrected chi connectivity index (χ2v) is 7.92. The summed E-state index contributed by atoms with van der Waals surface area (Å²) in [7, 11) is 0. The lowest BCUT2D eigenvalue weighted by Crippen LogP contribution is -2.26. The van der Waals surface area contributed by atoms with Crippen LogP contribution in [0.4, 0.5) is 0 Å². The first-order valence-electron chi connectivity index (χ1n) is 10.0. The molecule has 0 unspecified atom stereocenters. The van der Waals surface area contributed by atoms with Gasteiger partial charge in [-0.15, -0.1) is 0 Å². The third-order valence-electron chi connectivity index (χ3n) is 6.56. The molecule has 0 bridgehead atoms. The number of para-hydroxylation sites is 1. The molecule has 2 aliphatic rings. The highest BCUT2D eigenvalue weighted by atomic mass is 16.5. The summed E-state index contributed by atoms with van der Waals surface area (Å²) in [6.45, 7) is 3.26. The van der Waals surface area contributed by atoms with Crippen molar-refractivity contribution in [3.8, 4) is 5.75 Å². The van der Waals surface area contributed by atoms with E-state index >= 15 is 0 Å². The molecular formula is C22H34O. The van der Waals surface area contributed by atoms with E-state index < -0.39 is 0 Å². The molecule has 0 heterocycles. The maximum absolute atomic E-state index is 5.88. The predicted molar refractivity (Wildman–Crippen MR) is 97.7 cm³/mol. The Hall–Kier alpha value is -0.980. The molecule has 1 aromatic carbocycles. The molecular weight excluding hydrogens is 280 g/mol. The summed E-state index contributed by atoms with van der Waals surface area (Å²) in [5, 5.41) is 0. The Kier molecular flexibility index (Phi) is 6.42. The Bertz CT molecular complexity index is 425. The van der Waals surface area contributed by atoms with Crippen molar-refractivity contribution < 1.29 is 4.74 Å². The van der Waals surface area contributed by atoms with Crippen molar-refractivity contribution in [1.82, 2.24) is 0 Å². The highest BCUT2D eigenvalue weighted by Gasteiger charge is 2.30. The summed E-state index contributed by atoms with van der Waals surface area (Å²) >= 11 is 0. The SMILES string of the molecule is CC[C@H]1CC[C@H]([C@H]2CC[C@H](CCOc3ccccc3)CC2)CC1. The average Bonchev–Trinajstić information content (AvgIpc) is 2.63. The lowest BCUT2D eigenvalue weighted by atomic mass is 9.68. The number of hydrogen-bond acceptors (Lipinski definition) is 1. The second-order valence-electron chi connectivity index (χ2n) is 7.92. The maximum atomic E-state index is 5.88. The van der Waals surface area contributed by atoms with Crippen LogP contribution in [-0.4, -0.2) is 6.61 Å². The number of rotatable bonds is 6. The lowest BCUT2D eigenvalue weighted by Gasteiger charge is -2.37. The molecule has 2 fully saturated rings. The third kappa shape index (κ3) is 4.99. The van der Waals surface area contributed by atoms with E-state index in [1.807, 2.05) is 18.2 Å². The maximum Gasteiger partial charge on any atom is 0.119 e. The molecule has 3 rings (SSSR count). The van der Waals surface area contributed by atoms with Crippen LogP contribution in [0.25, 0.3) is 0 Å². The quantitative estimate of drug-likeness (QED) is 0.584. The van der Waals surface area contributed by atoms with E-state index in [9.17, 15) is 0 Å². The molecule has 23 heavy (non-hydrogen) atoms. The molecule has 0 aromatic heterocycles. The van der Waals surface area contributed by atoms with Gasteiger partial charge in [0.25, 0.3) is 0 Å². The van der Waals surface area contributed by atoms with E-state index in [1.165, 1.54) is 64.2 Å². The van der Waals surface area contributed by atoms with Crippen molar-refractivity contribution in [2.45, 2.75) is 71.1 Å². The smallest absolute Gasteiger partial charge is 0.119 e. The second kappa shape index (κ2) is 8.76. The first-order chi connectivity index (χ1) is 11.3. The van der Waals surface area contributed by atoms with E-state index in [2.05, 4.69) is 19.1 Å². The Morgan fingerprint density at radius 1 is 0.783 bits per heavy atom. The van der Waals surface area contributed by atoms with Crippen LogP contribution in [0.2, 0.25) is 0 Å². The monoisotopic (exact) mass is 314 g/mol. The zero-order valence-corrected chi connectivity index (χ0v) is 14.9. The van der Waals surface area contributed by atoms with Crippen LogP contribution in [0.15, 0.2) is 30.3 Å². The fraction of sp³-hybridized carbons (Fsp3) is 0.727. The van der Waals surface area contributed by atoms with Crippen LogP contribution in [0.5, 0.6) is 5.75 Å². The van der Waals surface area contributed by atoms with Crippen molar-refractivity contribution in [3.05, 3.63) is 30.3 Å². The molecule has 0 N–H and O–H groups in total. The predicted octanol–water partition coefficient (Wildman–Crippen LogP) is 6.48. The van der Waals surface area contributed by atoms with E-state index in [4.69, 9.17) is 4.74 Å². The van der Waals surface area contributed by atoms with Crippen LogP contribution in [0.3, 0.4) is 0 Å². The van der Waals surface area contributed by atoms with E-state index in [-0.39, 0.29) is 0 Å². The first kappa shape index (κ1) is 16.9. The molecule has 0 atom stereocenters. The normalized spacial score (nSPS) is 31.7. The van der Waals surface area contributed by atoms with Crippen LogP contribution < -0.4 is 4.74 Å². The molecule has 1 heteroatoms. The van der Waals surface area contributed by atoms with Gasteiger partial charge in [-0.1, -0.05) is 57.2 Å². The molecule has 128 valence electrons. The summed E-state index contributed by atoms with van der Waals surface area (Å²) in [5.74, 6) is 5.06. The molecule has 1 nitrogen and oxygen atoms in total. The van der Waals surface area contributed by atoms with E-state index in [0.717, 1.165) is 36.0 Å². The summed E-state index contributed by atoms with van der Waals surface area (Å²) < 4.78 is 5.88. The third-order valence-corrected chi connectivity index (χ3v) is 6.56. The van der Waals surface area contributed by atoms with Gasteiger partial charge in [0.05, 0.1) is 6.61 Å². The van der Waals surface area contributed by atoms with Gasteiger partial charge in [0.1, 0.15) is 5.75 Å². The zero-order valence-electron chi connectivity index (χ0n) is 14.9. The molecule has 0 amide bonds. The van der Waals surface area contributed by atoms with Gasteiger partial charge in [-0.3, -0.25) is 0 Å². The zero-order chi connectivity index (χ0) is 15.9. The minimum absolute atomic E-state index is 0.890. The van der Waals surface area contributed by atoms with Gasteiger partial charge >= 0.3 is 0 Å². The minimum Gasteiger partial charge on any atom is -0.494 e. The number of benzene rings is 1. The highest BCUT2D eigenvalue weighted by molar-refractivity contribution is 5.20. The van der Waals surface area contributed by atoms with Crippen LogP contribution in [0, 0.1) is 23.7 Å². The Labute approximate surface area is 142 Å². The standard InChI is InChI=1S/C22H34O/c1-2-18-8-12-20(13-9-18)21-14-10-19(11-15-21)16-17-23-22-6-4-3-5-7-22/h3-7,18-21H,2,8-17H2,1H3/t18-,19-,20-,21-. The van der Waals surface area contributed by atoms with Crippen LogP contribution in [0.1, 0.15) is 71.1 Å². The minimum atomic E-state index is 0.890. The topological polar surface area (TPSA) is 9.23 Å².